The zero-order valence-electron chi connectivity index (χ0n) is 9.03. The molecule has 0 bridgehead atoms. The van der Waals surface area contributed by atoms with E-state index in [1.54, 1.807) is 12.3 Å². The predicted molar refractivity (Wildman–Crippen MR) is 56.7 cm³/mol. The van der Waals surface area contributed by atoms with E-state index in [1.807, 2.05) is 0 Å². The Labute approximate surface area is 89.7 Å². The van der Waals surface area contributed by atoms with Crippen LogP contribution in [0.2, 0.25) is 0 Å². The molecule has 1 aromatic rings. The molecule has 0 spiro atoms. The Bertz CT molecular complexity index is 403. The first-order valence-electron chi connectivity index (χ1n) is 5.27. The fourth-order valence-corrected chi connectivity index (χ4v) is 1.41. The molecule has 0 saturated heterocycles. The predicted octanol–water partition coefficient (Wildman–Crippen LogP) is 2.62. The number of rotatable bonds is 3. The van der Waals surface area contributed by atoms with Gasteiger partial charge in [-0.3, -0.25) is 4.98 Å². The van der Waals surface area contributed by atoms with Crippen molar-refractivity contribution in [3.05, 3.63) is 23.5 Å². The highest BCUT2D eigenvalue weighted by Crippen LogP contribution is 2.31. The van der Waals surface area contributed by atoms with Crippen molar-refractivity contribution < 1.29 is 4.74 Å². The van der Waals surface area contributed by atoms with Gasteiger partial charge in [0.1, 0.15) is 11.8 Å². The van der Waals surface area contributed by atoms with Crippen LogP contribution in [-0.2, 0) is 0 Å². The molecular formula is C12H14N2O. The molecular weight excluding hydrogens is 188 g/mol. The van der Waals surface area contributed by atoms with Crippen LogP contribution in [0.15, 0.2) is 12.3 Å². The summed E-state index contributed by atoms with van der Waals surface area (Å²) in [6.07, 6.45) is 4.19. The second kappa shape index (κ2) is 3.90. The van der Waals surface area contributed by atoms with Crippen LogP contribution in [-0.4, -0.2) is 11.1 Å². The van der Waals surface area contributed by atoms with Crippen molar-refractivity contribution in [3.8, 4) is 11.8 Å². The third-order valence-corrected chi connectivity index (χ3v) is 2.38. The van der Waals surface area contributed by atoms with Crippen LogP contribution < -0.4 is 4.74 Å². The standard InChI is InChI=1S/C12H14N2O/c1-8(2)12-11(15-10-3-4-10)5-9(6-13)7-14-12/h5,7-8,10H,3-4H2,1-2H3. The highest BCUT2D eigenvalue weighted by atomic mass is 16.5. The number of nitrogens with zero attached hydrogens (tertiary/aromatic N) is 2. The molecule has 1 saturated carbocycles. The Balaban J connectivity index is 2.32. The van der Waals surface area contributed by atoms with E-state index in [2.05, 4.69) is 24.9 Å². The van der Waals surface area contributed by atoms with E-state index in [0.29, 0.717) is 17.6 Å². The second-order valence-electron chi connectivity index (χ2n) is 4.19. The Morgan fingerprint density at radius 1 is 1.53 bits per heavy atom. The minimum atomic E-state index is 0.325. The molecule has 3 nitrogen and oxygen atoms in total. The van der Waals surface area contributed by atoms with Crippen molar-refractivity contribution in [2.75, 3.05) is 0 Å². The second-order valence-corrected chi connectivity index (χ2v) is 4.19. The summed E-state index contributed by atoms with van der Waals surface area (Å²) in [4.78, 5) is 4.28. The summed E-state index contributed by atoms with van der Waals surface area (Å²) in [6.45, 7) is 4.16. The molecule has 0 amide bonds. The number of nitriles is 1. The normalized spacial score (nSPS) is 15.1. The van der Waals surface area contributed by atoms with Crippen LogP contribution in [0.25, 0.3) is 0 Å². The minimum absolute atomic E-state index is 0.325. The maximum Gasteiger partial charge on any atom is 0.142 e. The molecule has 2 rings (SSSR count). The lowest BCUT2D eigenvalue weighted by Gasteiger charge is -2.12. The molecule has 0 aromatic carbocycles. The quantitative estimate of drug-likeness (QED) is 0.756. The van der Waals surface area contributed by atoms with E-state index in [-0.39, 0.29) is 0 Å². The Morgan fingerprint density at radius 2 is 2.27 bits per heavy atom. The van der Waals surface area contributed by atoms with Crippen molar-refractivity contribution in [1.82, 2.24) is 4.98 Å². The average molecular weight is 202 g/mol. The molecule has 1 fully saturated rings. The summed E-state index contributed by atoms with van der Waals surface area (Å²) in [5.74, 6) is 1.11. The van der Waals surface area contributed by atoms with Crippen molar-refractivity contribution in [2.24, 2.45) is 0 Å². The molecule has 1 aromatic heterocycles. The molecule has 78 valence electrons. The highest BCUT2D eigenvalue weighted by molar-refractivity contribution is 5.39. The van der Waals surface area contributed by atoms with Gasteiger partial charge in [0.2, 0.25) is 0 Å². The van der Waals surface area contributed by atoms with Gasteiger partial charge in [-0.05, 0) is 18.8 Å². The third-order valence-electron chi connectivity index (χ3n) is 2.38. The number of hydrogen-bond acceptors (Lipinski definition) is 3. The summed E-state index contributed by atoms with van der Waals surface area (Å²) >= 11 is 0. The zero-order chi connectivity index (χ0) is 10.8. The first-order chi connectivity index (χ1) is 7.20. The van der Waals surface area contributed by atoms with Crippen LogP contribution in [0.3, 0.4) is 0 Å². The maximum atomic E-state index is 8.80. The molecule has 15 heavy (non-hydrogen) atoms. The van der Waals surface area contributed by atoms with Gasteiger partial charge in [-0.2, -0.15) is 5.26 Å². The van der Waals surface area contributed by atoms with Gasteiger partial charge in [0.15, 0.2) is 0 Å². The first-order valence-corrected chi connectivity index (χ1v) is 5.27. The van der Waals surface area contributed by atoms with Crippen LogP contribution in [0.4, 0.5) is 0 Å². The molecule has 0 aliphatic heterocycles. The van der Waals surface area contributed by atoms with Gasteiger partial charge >= 0.3 is 0 Å². The van der Waals surface area contributed by atoms with E-state index >= 15 is 0 Å². The van der Waals surface area contributed by atoms with Gasteiger partial charge in [-0.1, -0.05) is 13.8 Å². The van der Waals surface area contributed by atoms with Crippen LogP contribution in [0.5, 0.6) is 5.75 Å². The van der Waals surface area contributed by atoms with Crippen LogP contribution in [0.1, 0.15) is 43.9 Å². The summed E-state index contributed by atoms with van der Waals surface area (Å²) < 4.78 is 5.75. The van der Waals surface area contributed by atoms with Crippen molar-refractivity contribution in [2.45, 2.75) is 38.7 Å². The van der Waals surface area contributed by atoms with E-state index in [0.717, 1.165) is 24.3 Å². The summed E-state index contributed by atoms with van der Waals surface area (Å²) in [7, 11) is 0. The number of aromatic nitrogens is 1. The largest absolute Gasteiger partial charge is 0.488 e. The summed E-state index contributed by atoms with van der Waals surface area (Å²) in [5.41, 5.74) is 1.51. The van der Waals surface area contributed by atoms with Crippen molar-refractivity contribution in [1.29, 1.82) is 5.26 Å². The lowest BCUT2D eigenvalue weighted by molar-refractivity contribution is 0.297. The average Bonchev–Trinajstić information content (AvgIpc) is 3.01. The SMILES string of the molecule is CC(C)c1ncc(C#N)cc1OC1CC1. The van der Waals surface area contributed by atoms with Crippen LogP contribution in [0, 0.1) is 11.3 Å². The molecule has 1 heterocycles. The van der Waals surface area contributed by atoms with Gasteiger partial charge in [0, 0.05) is 12.3 Å². The van der Waals surface area contributed by atoms with Gasteiger partial charge in [-0.25, -0.2) is 0 Å². The van der Waals surface area contributed by atoms with Crippen LogP contribution >= 0.6 is 0 Å². The first kappa shape index (κ1) is 9.97. The van der Waals surface area contributed by atoms with Gasteiger partial charge in [0.05, 0.1) is 17.4 Å². The smallest absolute Gasteiger partial charge is 0.142 e. The van der Waals surface area contributed by atoms with Crippen molar-refractivity contribution in [3.63, 3.8) is 0 Å². The Kier molecular flexibility index (Phi) is 2.59. The highest BCUT2D eigenvalue weighted by Gasteiger charge is 2.25. The zero-order valence-corrected chi connectivity index (χ0v) is 9.03. The van der Waals surface area contributed by atoms with E-state index in [9.17, 15) is 0 Å². The Hall–Kier alpha value is -1.56. The van der Waals surface area contributed by atoms with Gasteiger partial charge in [0.25, 0.3) is 0 Å². The topological polar surface area (TPSA) is 45.9 Å². The fraction of sp³-hybridized carbons (Fsp3) is 0.500. The van der Waals surface area contributed by atoms with E-state index in [1.165, 1.54) is 0 Å². The van der Waals surface area contributed by atoms with E-state index < -0.39 is 0 Å². The maximum absolute atomic E-state index is 8.80. The fourth-order valence-electron chi connectivity index (χ4n) is 1.41. The van der Waals surface area contributed by atoms with E-state index in [4.69, 9.17) is 10.00 Å². The summed E-state index contributed by atoms with van der Waals surface area (Å²) in [5, 5.41) is 8.80. The number of pyridine rings is 1. The molecule has 0 radical (unpaired) electrons. The minimum Gasteiger partial charge on any atom is -0.488 e. The number of ether oxygens (including phenoxy) is 1. The molecule has 1 aliphatic rings. The lowest BCUT2D eigenvalue weighted by atomic mass is 10.1. The molecule has 1 aliphatic carbocycles. The molecule has 0 atom stereocenters. The van der Waals surface area contributed by atoms with Gasteiger partial charge < -0.3 is 4.74 Å². The molecule has 0 unspecified atom stereocenters. The molecule has 0 N–H and O–H groups in total. The molecule has 3 heteroatoms. The lowest BCUT2D eigenvalue weighted by Crippen LogP contribution is -2.03. The third kappa shape index (κ3) is 2.27. The Morgan fingerprint density at radius 3 is 2.80 bits per heavy atom. The monoisotopic (exact) mass is 202 g/mol. The number of hydrogen-bond donors (Lipinski definition) is 0. The van der Waals surface area contributed by atoms with Gasteiger partial charge in [-0.15, -0.1) is 0 Å². The summed E-state index contributed by atoms with van der Waals surface area (Å²) in [6, 6.07) is 3.88. The van der Waals surface area contributed by atoms with Crippen molar-refractivity contribution >= 4 is 0 Å².